The van der Waals surface area contributed by atoms with Crippen LogP contribution >= 0.6 is 0 Å². The molecule has 33 heavy (non-hydrogen) atoms. The predicted molar refractivity (Wildman–Crippen MR) is 144 cm³/mol. The lowest BCUT2D eigenvalue weighted by molar-refractivity contribution is -0.704. The third kappa shape index (κ3) is 12.5. The zero-order valence-corrected chi connectivity index (χ0v) is 22.1. The van der Waals surface area contributed by atoms with E-state index in [4.69, 9.17) is 0 Å². The van der Waals surface area contributed by atoms with Crippen LogP contribution in [0.4, 0.5) is 0 Å². The van der Waals surface area contributed by atoms with Gasteiger partial charge in [0.2, 0.25) is 0 Å². The highest BCUT2D eigenvalue weighted by atomic mass is 15.1. The Morgan fingerprint density at radius 2 is 1.18 bits per heavy atom. The lowest BCUT2D eigenvalue weighted by Crippen LogP contribution is -2.37. The highest BCUT2D eigenvalue weighted by Crippen LogP contribution is 2.13. The smallest absolute Gasteiger partial charge is 0.234 e. The van der Waals surface area contributed by atoms with Gasteiger partial charge in [-0.05, 0) is 37.7 Å². The number of rotatable bonds is 21. The number of aryl methyl sites for hydroxylation is 3. The normalized spacial score (nSPS) is 11.3. The van der Waals surface area contributed by atoms with E-state index in [2.05, 4.69) is 65.7 Å². The number of unbranched alkanes of at least 4 members (excludes halogenated alkanes) is 13. The number of aromatic nitrogens is 2. The third-order valence-electron chi connectivity index (χ3n) is 7.02. The van der Waals surface area contributed by atoms with E-state index in [1.165, 1.54) is 134 Å². The van der Waals surface area contributed by atoms with Crippen molar-refractivity contribution in [3.8, 4) is 0 Å². The maximum atomic E-state index is 2.53. The van der Waals surface area contributed by atoms with Gasteiger partial charge in [-0.3, -0.25) is 0 Å². The molecular weight excluding hydrogens is 400 g/mol. The Hall–Kier alpha value is -1.57. The van der Waals surface area contributed by atoms with Gasteiger partial charge in [0.1, 0.15) is 12.4 Å². The van der Waals surface area contributed by atoms with Crippen molar-refractivity contribution in [2.45, 2.75) is 143 Å². The van der Waals surface area contributed by atoms with Gasteiger partial charge in [-0.1, -0.05) is 121 Å². The molecule has 0 fully saturated rings. The molecular formula is C31H53N2+. The van der Waals surface area contributed by atoms with Gasteiger partial charge < -0.3 is 0 Å². The van der Waals surface area contributed by atoms with Crippen LogP contribution in [0.1, 0.15) is 128 Å². The highest BCUT2D eigenvalue weighted by molar-refractivity contribution is 5.14. The van der Waals surface area contributed by atoms with Crippen LogP contribution in [0.25, 0.3) is 0 Å². The molecule has 0 aliphatic rings. The lowest BCUT2D eigenvalue weighted by atomic mass is 10.0. The second-order valence-corrected chi connectivity index (χ2v) is 10.0. The Bertz CT molecular complexity index is 688. The Balaban J connectivity index is 1.52. The van der Waals surface area contributed by atoms with E-state index in [9.17, 15) is 0 Å². The molecule has 0 saturated carbocycles. The average Bonchev–Trinajstić information content (AvgIpc) is 3.21. The molecule has 1 aromatic heterocycles. The average molecular weight is 454 g/mol. The fourth-order valence-corrected chi connectivity index (χ4v) is 4.99. The topological polar surface area (TPSA) is 8.81 Å². The molecule has 0 N–H and O–H groups in total. The molecule has 2 nitrogen and oxygen atoms in total. The van der Waals surface area contributed by atoms with Gasteiger partial charge in [-0.15, -0.1) is 0 Å². The van der Waals surface area contributed by atoms with E-state index < -0.39 is 0 Å². The second kappa shape index (κ2) is 18.8. The molecule has 186 valence electrons. The summed E-state index contributed by atoms with van der Waals surface area (Å²) in [5, 5.41) is 0. The van der Waals surface area contributed by atoms with E-state index in [1.54, 1.807) is 0 Å². The summed E-state index contributed by atoms with van der Waals surface area (Å²) in [6.07, 6.45) is 29.5. The first-order valence-corrected chi connectivity index (χ1v) is 14.5. The van der Waals surface area contributed by atoms with Gasteiger partial charge in [0, 0.05) is 6.42 Å². The maximum Gasteiger partial charge on any atom is 0.256 e. The molecule has 0 aliphatic carbocycles. The van der Waals surface area contributed by atoms with Crippen LogP contribution in [0, 0.1) is 0 Å². The molecule has 1 aromatic carbocycles. The van der Waals surface area contributed by atoms with Crippen LogP contribution in [0.5, 0.6) is 0 Å². The first-order chi connectivity index (χ1) is 16.3. The van der Waals surface area contributed by atoms with E-state index in [0.717, 1.165) is 6.54 Å². The van der Waals surface area contributed by atoms with Crippen LogP contribution in [-0.4, -0.2) is 4.57 Å². The first-order valence-electron chi connectivity index (χ1n) is 14.5. The summed E-state index contributed by atoms with van der Waals surface area (Å²) >= 11 is 0. The van der Waals surface area contributed by atoms with Crippen molar-refractivity contribution in [2.75, 3.05) is 0 Å². The second-order valence-electron chi connectivity index (χ2n) is 10.0. The van der Waals surface area contributed by atoms with Gasteiger partial charge in [0.05, 0.1) is 13.1 Å². The number of hydrogen-bond donors (Lipinski definition) is 0. The molecule has 0 atom stereocenters. The fraction of sp³-hybridized carbons (Fsp3) is 0.710. The number of hydrogen-bond acceptors (Lipinski definition) is 0. The monoisotopic (exact) mass is 453 g/mol. The minimum absolute atomic E-state index is 1.13. The number of nitrogens with zero attached hydrogens (tertiary/aromatic N) is 2. The molecule has 0 aliphatic heterocycles. The van der Waals surface area contributed by atoms with Gasteiger partial charge in [-0.25, -0.2) is 9.13 Å². The molecule has 0 radical (unpaired) electrons. The van der Waals surface area contributed by atoms with E-state index in [0.29, 0.717) is 0 Å². The summed E-state index contributed by atoms with van der Waals surface area (Å²) in [5.74, 6) is 1.53. The van der Waals surface area contributed by atoms with Crippen molar-refractivity contribution in [1.29, 1.82) is 0 Å². The Morgan fingerprint density at radius 3 is 1.76 bits per heavy atom. The van der Waals surface area contributed by atoms with Crippen molar-refractivity contribution >= 4 is 0 Å². The Labute approximate surface area is 205 Å². The predicted octanol–water partition coefficient (Wildman–Crippen LogP) is 8.84. The van der Waals surface area contributed by atoms with Crippen molar-refractivity contribution in [2.24, 2.45) is 0 Å². The van der Waals surface area contributed by atoms with Crippen LogP contribution in [0.2, 0.25) is 0 Å². The fourth-order valence-electron chi connectivity index (χ4n) is 4.99. The van der Waals surface area contributed by atoms with Crippen LogP contribution in [0.15, 0.2) is 42.7 Å². The van der Waals surface area contributed by atoms with E-state index in [-0.39, 0.29) is 0 Å². The zero-order valence-electron chi connectivity index (χ0n) is 22.1. The van der Waals surface area contributed by atoms with Crippen molar-refractivity contribution in [3.63, 3.8) is 0 Å². The SMILES string of the molecule is CCCCCCCCCCCCCCCCn1cc[n+](CCCc2ccccc2)c1CCC. The van der Waals surface area contributed by atoms with Crippen molar-refractivity contribution in [3.05, 3.63) is 54.1 Å². The Morgan fingerprint density at radius 1 is 0.606 bits per heavy atom. The number of benzene rings is 1. The van der Waals surface area contributed by atoms with Crippen LogP contribution < -0.4 is 4.57 Å². The minimum atomic E-state index is 1.13. The van der Waals surface area contributed by atoms with E-state index in [1.807, 2.05) is 0 Å². The summed E-state index contributed by atoms with van der Waals surface area (Å²) in [6.45, 7) is 6.93. The van der Waals surface area contributed by atoms with Crippen molar-refractivity contribution < 1.29 is 4.57 Å². The molecule has 0 saturated heterocycles. The van der Waals surface area contributed by atoms with Gasteiger partial charge >= 0.3 is 0 Å². The summed E-state index contributed by atoms with van der Waals surface area (Å²) in [6, 6.07) is 10.9. The largest absolute Gasteiger partial charge is 0.256 e. The van der Waals surface area contributed by atoms with Crippen LogP contribution in [0.3, 0.4) is 0 Å². The van der Waals surface area contributed by atoms with E-state index >= 15 is 0 Å². The summed E-state index contributed by atoms with van der Waals surface area (Å²) < 4.78 is 5.04. The molecule has 2 rings (SSSR count). The summed E-state index contributed by atoms with van der Waals surface area (Å²) in [4.78, 5) is 0. The standard InChI is InChI=1S/C31H53N2/c1-3-5-6-7-8-9-10-11-12-13-14-15-16-20-26-32-28-29-33(31(32)22-4-2)27-21-25-30-23-18-17-19-24-30/h17-19,23-24,28-29H,3-16,20-22,25-27H2,1-2H3/q+1. The maximum absolute atomic E-state index is 2.53. The molecule has 0 amide bonds. The molecule has 0 bridgehead atoms. The summed E-state index contributed by atoms with van der Waals surface area (Å²) in [7, 11) is 0. The third-order valence-corrected chi connectivity index (χ3v) is 7.02. The molecule has 0 spiro atoms. The molecule has 2 heteroatoms. The highest BCUT2D eigenvalue weighted by Gasteiger charge is 2.15. The molecule has 1 heterocycles. The number of imidazole rings is 1. The van der Waals surface area contributed by atoms with Crippen molar-refractivity contribution in [1.82, 2.24) is 4.57 Å². The molecule has 2 aromatic rings. The van der Waals surface area contributed by atoms with Crippen LogP contribution in [-0.2, 0) is 25.9 Å². The minimum Gasteiger partial charge on any atom is -0.234 e. The Kier molecular flexibility index (Phi) is 15.8. The van der Waals surface area contributed by atoms with Gasteiger partial charge in [0.25, 0.3) is 5.82 Å². The quantitative estimate of drug-likeness (QED) is 0.132. The summed E-state index contributed by atoms with van der Waals surface area (Å²) in [5.41, 5.74) is 1.46. The lowest BCUT2D eigenvalue weighted by Gasteiger charge is -2.06. The van der Waals surface area contributed by atoms with Gasteiger partial charge in [0.15, 0.2) is 0 Å². The van der Waals surface area contributed by atoms with Gasteiger partial charge in [-0.2, -0.15) is 0 Å². The molecule has 0 unspecified atom stereocenters. The first kappa shape index (κ1) is 27.7. The zero-order chi connectivity index (χ0) is 23.4.